The molecule has 0 spiro atoms. The Balaban J connectivity index is 1.33. The Morgan fingerprint density at radius 3 is 1.65 bits per heavy atom. The quantitative estimate of drug-likeness (QED) is 0.173. The van der Waals surface area contributed by atoms with Crippen molar-refractivity contribution in [1.29, 1.82) is 0 Å². The number of aromatic hydroxyl groups is 1. The minimum atomic E-state index is -2.48. The first-order valence-corrected chi connectivity index (χ1v) is 24.2. The zero-order valence-electron chi connectivity index (χ0n) is 45.4. The first-order valence-electron chi connectivity index (χ1n) is 25.7. The summed E-state index contributed by atoms with van der Waals surface area (Å²) in [7, 11) is 0. The van der Waals surface area contributed by atoms with Gasteiger partial charge in [0, 0.05) is 27.0 Å². The SMILES string of the molecule is [2H]C([2H])([2H])c1cc(-n2c(-c3cc(C(C)(C)C)ccc3O)nc3c(-c4cc(-c5cc(-c6ccc(C(C)(C)C)cc6)ccn5)cc(C(C)(C)C)c4)cccc32)c(-c2ccccc2)cc1-c1ccc(C(C)(C)C)cc1. The zero-order chi connectivity index (χ0) is 51.7. The van der Waals surface area contributed by atoms with Gasteiger partial charge in [0.15, 0.2) is 0 Å². The van der Waals surface area contributed by atoms with Crippen molar-refractivity contribution in [3.05, 3.63) is 192 Å². The van der Waals surface area contributed by atoms with Crippen molar-refractivity contribution in [3.8, 4) is 78.6 Å². The van der Waals surface area contributed by atoms with E-state index in [4.69, 9.17) is 14.1 Å². The Kier molecular flexibility index (Phi) is 11.0. The molecule has 0 aliphatic rings. The summed E-state index contributed by atoms with van der Waals surface area (Å²) >= 11 is 0. The Bertz CT molecular complexity index is 3460. The van der Waals surface area contributed by atoms with Gasteiger partial charge in [-0.2, -0.15) is 0 Å². The standard InChI is InChI=1S/C65H67N3O/c1-41-34-58(54(43-18-15-14-16-19-43)40-53(41)44-24-28-49(29-25-44)63(5,6)7)68-57-21-17-20-52(60(57)67-61(68)55-39-50(64(8,9)10)30-31-59(55)69)46-35-47(37-51(36-46)65(11,12)13)56-38-45(32-33-66-56)42-22-26-48(27-23-42)62(2,3)4/h14-40,69H,1-13H3/i1D3. The molecule has 2 heterocycles. The lowest BCUT2D eigenvalue weighted by Gasteiger charge is -2.22. The lowest BCUT2D eigenvalue weighted by Crippen LogP contribution is -2.11. The zero-order valence-corrected chi connectivity index (χ0v) is 42.4. The van der Waals surface area contributed by atoms with Gasteiger partial charge in [-0.15, -0.1) is 0 Å². The van der Waals surface area contributed by atoms with Crippen molar-refractivity contribution in [2.24, 2.45) is 0 Å². The van der Waals surface area contributed by atoms with Gasteiger partial charge in [-0.25, -0.2) is 4.98 Å². The van der Waals surface area contributed by atoms with Crippen molar-refractivity contribution in [3.63, 3.8) is 0 Å². The third kappa shape index (κ3) is 9.42. The van der Waals surface area contributed by atoms with Crippen molar-refractivity contribution in [2.75, 3.05) is 0 Å². The fourth-order valence-electron chi connectivity index (χ4n) is 9.24. The van der Waals surface area contributed by atoms with Gasteiger partial charge >= 0.3 is 0 Å². The van der Waals surface area contributed by atoms with Crippen molar-refractivity contribution < 1.29 is 9.22 Å². The fourth-order valence-corrected chi connectivity index (χ4v) is 9.24. The summed E-state index contributed by atoms with van der Waals surface area (Å²) in [6, 6.07) is 54.0. The average Bonchev–Trinajstić information content (AvgIpc) is 3.72. The van der Waals surface area contributed by atoms with Crippen LogP contribution >= 0.6 is 0 Å². The molecule has 9 aromatic rings. The van der Waals surface area contributed by atoms with Crippen LogP contribution in [0.25, 0.3) is 83.9 Å². The van der Waals surface area contributed by atoms with E-state index < -0.39 is 6.85 Å². The highest BCUT2D eigenvalue weighted by molar-refractivity contribution is 5.98. The summed E-state index contributed by atoms with van der Waals surface area (Å²) in [5, 5.41) is 12.0. The molecule has 0 amide bonds. The van der Waals surface area contributed by atoms with Crippen LogP contribution in [0.1, 0.15) is 115 Å². The number of pyridine rings is 1. The molecule has 0 aliphatic carbocycles. The number of nitrogens with zero attached hydrogens (tertiary/aromatic N) is 3. The van der Waals surface area contributed by atoms with E-state index in [1.165, 1.54) is 5.56 Å². The Hall–Kier alpha value is -7.04. The summed E-state index contributed by atoms with van der Waals surface area (Å²) in [5.41, 5.74) is 16.1. The number of benzene rings is 7. The fraction of sp³-hybridized carbons (Fsp3) is 0.262. The van der Waals surface area contributed by atoms with E-state index >= 15 is 0 Å². The molecule has 9 rings (SSSR count). The molecule has 0 saturated carbocycles. The Morgan fingerprint density at radius 2 is 1.03 bits per heavy atom. The van der Waals surface area contributed by atoms with E-state index in [0.29, 0.717) is 28.2 Å². The molecule has 348 valence electrons. The molecule has 4 heteroatoms. The monoisotopic (exact) mass is 909 g/mol. The normalized spacial score (nSPS) is 13.3. The Morgan fingerprint density at radius 1 is 0.435 bits per heavy atom. The van der Waals surface area contributed by atoms with Crippen LogP contribution in [0, 0.1) is 6.85 Å². The van der Waals surface area contributed by atoms with Crippen LogP contribution in [0.4, 0.5) is 0 Å². The van der Waals surface area contributed by atoms with Crippen LogP contribution in [-0.4, -0.2) is 19.6 Å². The topological polar surface area (TPSA) is 50.9 Å². The molecule has 0 atom stereocenters. The van der Waals surface area contributed by atoms with Crippen LogP contribution in [0.2, 0.25) is 0 Å². The molecule has 1 N–H and O–H groups in total. The maximum atomic E-state index is 12.0. The van der Waals surface area contributed by atoms with Crippen LogP contribution in [-0.2, 0) is 21.7 Å². The molecule has 0 radical (unpaired) electrons. The van der Waals surface area contributed by atoms with E-state index in [0.717, 1.165) is 72.4 Å². The highest BCUT2D eigenvalue weighted by Crippen LogP contribution is 2.44. The molecule has 69 heavy (non-hydrogen) atoms. The van der Waals surface area contributed by atoms with E-state index in [9.17, 15) is 5.11 Å². The third-order valence-electron chi connectivity index (χ3n) is 13.6. The van der Waals surface area contributed by atoms with E-state index in [1.807, 2.05) is 72.9 Å². The molecule has 0 fully saturated rings. The molecular weight excluding hydrogens is 839 g/mol. The number of hydrogen-bond donors (Lipinski definition) is 1. The maximum absolute atomic E-state index is 12.0. The van der Waals surface area contributed by atoms with Crippen LogP contribution in [0.3, 0.4) is 0 Å². The predicted octanol–water partition coefficient (Wildman–Crippen LogP) is 17.6. The first-order chi connectivity index (χ1) is 33.8. The number of phenolic OH excluding ortho intramolecular Hbond substituents is 1. The predicted molar refractivity (Wildman–Crippen MR) is 293 cm³/mol. The molecule has 0 aliphatic heterocycles. The van der Waals surface area contributed by atoms with Gasteiger partial charge in [0.05, 0.1) is 28.0 Å². The first kappa shape index (κ1) is 43.3. The number of imidazole rings is 1. The summed E-state index contributed by atoms with van der Waals surface area (Å²) in [6.07, 6.45) is 1.89. The van der Waals surface area contributed by atoms with Gasteiger partial charge in [-0.1, -0.05) is 186 Å². The van der Waals surface area contributed by atoms with Crippen molar-refractivity contribution in [2.45, 2.75) is 112 Å². The van der Waals surface area contributed by atoms with Gasteiger partial charge in [0.25, 0.3) is 0 Å². The smallest absolute Gasteiger partial charge is 0.149 e. The summed E-state index contributed by atoms with van der Waals surface area (Å²) < 4.78 is 29.3. The second kappa shape index (κ2) is 17.5. The van der Waals surface area contributed by atoms with Gasteiger partial charge in [0.1, 0.15) is 11.6 Å². The Labute approximate surface area is 415 Å². The van der Waals surface area contributed by atoms with Gasteiger partial charge < -0.3 is 5.11 Å². The van der Waals surface area contributed by atoms with E-state index in [-0.39, 0.29) is 33.0 Å². The van der Waals surface area contributed by atoms with Crippen LogP contribution in [0.15, 0.2) is 164 Å². The lowest BCUT2D eigenvalue weighted by atomic mass is 9.83. The average molecular weight is 909 g/mol. The largest absolute Gasteiger partial charge is 0.507 e. The number of phenols is 1. The van der Waals surface area contributed by atoms with E-state index in [1.54, 1.807) is 6.07 Å². The van der Waals surface area contributed by atoms with E-state index in [2.05, 4.69) is 173 Å². The molecule has 0 unspecified atom stereocenters. The second-order valence-corrected chi connectivity index (χ2v) is 22.8. The van der Waals surface area contributed by atoms with Crippen LogP contribution < -0.4 is 0 Å². The lowest BCUT2D eigenvalue weighted by molar-refractivity contribution is 0.475. The number of fused-ring (bicyclic) bond motifs is 1. The second-order valence-electron chi connectivity index (χ2n) is 22.8. The van der Waals surface area contributed by atoms with Gasteiger partial charge in [-0.3, -0.25) is 9.55 Å². The number of aromatic nitrogens is 3. The van der Waals surface area contributed by atoms with Crippen molar-refractivity contribution in [1.82, 2.24) is 14.5 Å². The van der Waals surface area contributed by atoms with Crippen molar-refractivity contribution >= 4 is 11.0 Å². The number of rotatable bonds is 7. The van der Waals surface area contributed by atoms with Gasteiger partial charge in [0.2, 0.25) is 0 Å². The minimum absolute atomic E-state index is 0.0525. The number of aryl methyl sites for hydroxylation is 1. The summed E-state index contributed by atoms with van der Waals surface area (Å²) in [4.78, 5) is 10.5. The molecule has 0 bridgehead atoms. The molecular formula is C65H67N3O. The van der Waals surface area contributed by atoms with Crippen LogP contribution in [0.5, 0.6) is 5.75 Å². The maximum Gasteiger partial charge on any atom is 0.149 e. The summed E-state index contributed by atoms with van der Waals surface area (Å²) in [6.45, 7) is 23.9. The number of hydrogen-bond acceptors (Lipinski definition) is 3. The third-order valence-corrected chi connectivity index (χ3v) is 13.6. The minimum Gasteiger partial charge on any atom is -0.507 e. The molecule has 7 aromatic carbocycles. The highest BCUT2D eigenvalue weighted by Gasteiger charge is 2.26. The molecule has 2 aromatic heterocycles. The summed E-state index contributed by atoms with van der Waals surface area (Å²) in [5.74, 6) is 0.570. The number of para-hydroxylation sites is 1. The highest BCUT2D eigenvalue weighted by atomic mass is 16.3. The molecule has 0 saturated heterocycles. The van der Waals surface area contributed by atoms with Gasteiger partial charge in [-0.05, 0) is 144 Å². The molecule has 4 nitrogen and oxygen atoms in total.